The molecule has 9 aromatic rings. The summed E-state index contributed by atoms with van der Waals surface area (Å²) < 4.78 is 17.7. The van der Waals surface area contributed by atoms with E-state index in [9.17, 15) is 14.7 Å². The minimum atomic E-state index is -0.0695. The number of phenolic OH excluding ortho intramolecular Hbond substituents is 1. The predicted octanol–water partition coefficient (Wildman–Crippen LogP) is 12.9. The van der Waals surface area contributed by atoms with Gasteiger partial charge >= 0.3 is 0 Å². The summed E-state index contributed by atoms with van der Waals surface area (Å²) in [5, 5.41) is 28.1. The highest BCUT2D eigenvalue weighted by Gasteiger charge is 2.26. The van der Waals surface area contributed by atoms with Crippen LogP contribution in [0, 0.1) is 5.92 Å². The number of likely N-dealkylation sites (tertiary alicyclic amines) is 2. The normalized spacial score (nSPS) is 15.4. The molecule has 3 aliphatic rings. The summed E-state index contributed by atoms with van der Waals surface area (Å²) in [7, 11) is 0. The van der Waals surface area contributed by atoms with Crippen molar-refractivity contribution in [3.63, 3.8) is 0 Å². The zero-order valence-corrected chi connectivity index (χ0v) is 50.3. The first-order valence-electron chi connectivity index (χ1n) is 26.8. The Morgan fingerprint density at radius 2 is 0.951 bits per heavy atom. The second kappa shape index (κ2) is 36.4. The van der Waals surface area contributed by atoms with Gasteiger partial charge in [-0.2, -0.15) is 40.5 Å². The number of ether oxygens (including phenoxy) is 1. The maximum atomic E-state index is 12.4. The molecule has 3 fully saturated rings. The Morgan fingerprint density at radius 3 is 1.38 bits per heavy atom. The summed E-state index contributed by atoms with van der Waals surface area (Å²) in [4.78, 5) is 41.0. The number of para-hydroxylation sites is 2. The Bertz CT molecular complexity index is 3330. The SMILES string of the molecule is Cl.ClCc1ccncc1.O=c1cc(-c2ccc(O)cc2)oc2ccccc12.O=c1cc(-c2ccc(OC[C@@H]3CCCN3Cc3ccncc3)cc2)oc2ccccc12.OCC1CCCC1.OC[C@@H]1CCCN1Cc1ccncc1.S.S.S. The van der Waals surface area contributed by atoms with E-state index < -0.39 is 0 Å². The van der Waals surface area contributed by atoms with Crippen LogP contribution in [-0.2, 0) is 19.0 Å². The van der Waals surface area contributed by atoms with Gasteiger partial charge in [-0.25, -0.2) is 0 Å². The number of hydrogen-bond donors (Lipinski definition) is 3. The third kappa shape index (κ3) is 20.6. The van der Waals surface area contributed by atoms with Crippen LogP contribution in [0.1, 0.15) is 68.1 Å². The number of nitrogens with zero attached hydrogens (tertiary/aromatic N) is 5. The van der Waals surface area contributed by atoms with Crippen molar-refractivity contribution in [3.8, 4) is 34.1 Å². The van der Waals surface area contributed by atoms with Gasteiger partial charge in [0.2, 0.25) is 0 Å². The number of hydrogen-bond acceptors (Lipinski definition) is 13. The molecule has 12 rings (SSSR count). The molecule has 2 atom stereocenters. The van der Waals surface area contributed by atoms with Gasteiger partial charge in [0.1, 0.15) is 40.8 Å². The zero-order chi connectivity index (χ0) is 54.3. The molecule has 0 unspecified atom stereocenters. The lowest BCUT2D eigenvalue weighted by atomic mass is 10.1. The molecule has 0 bridgehead atoms. The van der Waals surface area contributed by atoms with Crippen molar-refractivity contribution in [2.45, 2.75) is 82.4 Å². The third-order valence-corrected chi connectivity index (χ3v) is 14.4. The van der Waals surface area contributed by atoms with E-state index in [0.29, 0.717) is 70.6 Å². The molecule has 7 heterocycles. The molecule has 1 aliphatic carbocycles. The Kier molecular flexibility index (Phi) is 30.3. The van der Waals surface area contributed by atoms with Gasteiger partial charge in [-0.1, -0.05) is 37.1 Å². The maximum Gasteiger partial charge on any atom is 0.193 e. The molecule has 13 nitrogen and oxygen atoms in total. The third-order valence-electron chi connectivity index (χ3n) is 14.1. The van der Waals surface area contributed by atoms with Gasteiger partial charge in [0.05, 0.1) is 17.4 Å². The summed E-state index contributed by atoms with van der Waals surface area (Å²) in [6.07, 6.45) is 20.7. The fraction of sp³-hybridized carbons (Fsp3) is 0.297. The van der Waals surface area contributed by atoms with Crippen LogP contribution in [0.2, 0.25) is 0 Å². The first kappa shape index (κ1) is 68.3. The number of phenols is 1. The van der Waals surface area contributed by atoms with E-state index in [4.69, 9.17) is 35.4 Å². The number of fused-ring (bicyclic) bond motifs is 2. The van der Waals surface area contributed by atoms with Gasteiger partial charge in [0.25, 0.3) is 0 Å². The molecule has 2 saturated heterocycles. The van der Waals surface area contributed by atoms with E-state index in [0.717, 1.165) is 61.5 Å². The van der Waals surface area contributed by atoms with E-state index in [1.807, 2.05) is 97.6 Å². The Balaban J connectivity index is 0.000000242. The molecule has 5 aromatic heterocycles. The van der Waals surface area contributed by atoms with Gasteiger partial charge in [0.15, 0.2) is 10.9 Å². The maximum absolute atomic E-state index is 12.4. The van der Waals surface area contributed by atoms with E-state index in [1.54, 1.807) is 67.0 Å². The average molecular weight is 1210 g/mol. The van der Waals surface area contributed by atoms with Crippen LogP contribution in [0.25, 0.3) is 44.6 Å². The van der Waals surface area contributed by atoms with Crippen molar-refractivity contribution in [1.29, 1.82) is 0 Å². The number of benzene rings is 4. The van der Waals surface area contributed by atoms with Gasteiger partial charge < -0.3 is 28.9 Å². The molecule has 0 spiro atoms. The van der Waals surface area contributed by atoms with Crippen LogP contribution in [0.3, 0.4) is 0 Å². The van der Waals surface area contributed by atoms with Gasteiger partial charge in [-0.3, -0.25) is 34.3 Å². The quantitative estimate of drug-likeness (QED) is 0.0987. The number of aliphatic hydroxyl groups is 2. The second-order valence-corrected chi connectivity index (χ2v) is 19.8. The number of aromatic hydroxyl groups is 1. The fourth-order valence-electron chi connectivity index (χ4n) is 9.74. The van der Waals surface area contributed by atoms with Crippen LogP contribution in [0.4, 0.5) is 0 Å². The zero-order valence-electron chi connectivity index (χ0n) is 45.8. The summed E-state index contributed by atoms with van der Waals surface area (Å²) in [6, 6.07) is 44.5. The topological polar surface area (TPSA) is 175 Å². The van der Waals surface area contributed by atoms with E-state index in [2.05, 4.69) is 36.9 Å². The van der Waals surface area contributed by atoms with Crippen LogP contribution < -0.4 is 15.6 Å². The van der Waals surface area contributed by atoms with Crippen molar-refractivity contribution in [2.24, 2.45) is 5.92 Å². The molecular formula is C64H75Cl2N5O8S3. The van der Waals surface area contributed by atoms with Crippen molar-refractivity contribution < 1.29 is 28.9 Å². The lowest BCUT2D eigenvalue weighted by molar-refractivity contribution is 0.153. The number of aromatic nitrogens is 3. The van der Waals surface area contributed by atoms with E-state index >= 15 is 0 Å². The highest BCUT2D eigenvalue weighted by atomic mass is 35.5. The Morgan fingerprint density at radius 1 is 0.524 bits per heavy atom. The van der Waals surface area contributed by atoms with E-state index in [1.165, 1.54) is 55.7 Å². The Hall–Kier alpha value is -6.18. The monoisotopic (exact) mass is 1210 g/mol. The van der Waals surface area contributed by atoms with Crippen LogP contribution in [-0.4, -0.2) is 85.1 Å². The average Bonchev–Trinajstić information content (AvgIpc) is 4.32. The Labute approximate surface area is 512 Å². The van der Waals surface area contributed by atoms with Crippen LogP contribution in [0.15, 0.2) is 201 Å². The standard InChI is InChI=1S/C26H24N2O3.C15H10O3.C11H16N2O.C6H6ClN.C6H12O.ClH.3H2S/c29-24-16-26(31-25-6-2-1-5-23(24)25)20-7-9-22(10-8-20)30-18-21-4-3-15-28(21)17-19-11-13-27-14-12-19;16-11-7-5-10(6-8-11)15-9-13(17)12-3-1-2-4-14(12)18-15;14-9-11-2-1-7-13(11)8-10-3-5-12-6-4-10;7-5-6-1-3-8-4-2-6;7-5-6-3-1-2-4-6;;;;/h1-2,5-14,16,21H,3-4,15,17-18H2;1-9,16H;3-6,11,14H,1-2,7-9H2;1-4H,5H2;6-7H,1-5H2;1H;3*1H2/t21-;;11-;;;;;;/m0.0....../s1. The number of aliphatic hydroxyl groups excluding tert-OH is 2. The van der Waals surface area contributed by atoms with Crippen molar-refractivity contribution >= 4 is 86.4 Å². The fourth-order valence-corrected chi connectivity index (χ4v) is 9.92. The molecule has 2 aliphatic heterocycles. The second-order valence-electron chi connectivity index (χ2n) is 19.6. The minimum absolute atomic E-state index is 0. The molecule has 3 N–H and O–H groups in total. The summed E-state index contributed by atoms with van der Waals surface area (Å²) >= 11 is 5.50. The molecule has 0 radical (unpaired) electrons. The summed E-state index contributed by atoms with van der Waals surface area (Å²) in [5.41, 5.74) is 6.35. The van der Waals surface area contributed by atoms with Gasteiger partial charge in [-0.15, -0.1) is 24.0 Å². The first-order chi connectivity index (χ1) is 38.3. The number of pyridine rings is 3. The molecular weight excluding hydrogens is 1130 g/mol. The van der Waals surface area contributed by atoms with Crippen molar-refractivity contribution in [2.75, 3.05) is 32.9 Å². The molecule has 18 heteroatoms. The first-order valence-corrected chi connectivity index (χ1v) is 27.3. The van der Waals surface area contributed by atoms with Crippen molar-refractivity contribution in [1.82, 2.24) is 24.8 Å². The largest absolute Gasteiger partial charge is 0.508 e. The lowest BCUT2D eigenvalue weighted by Gasteiger charge is -2.24. The molecule has 0 amide bonds. The molecule has 436 valence electrons. The molecule has 4 aromatic carbocycles. The van der Waals surface area contributed by atoms with Gasteiger partial charge in [0, 0.05) is 98.1 Å². The van der Waals surface area contributed by atoms with Crippen LogP contribution >= 0.6 is 64.5 Å². The van der Waals surface area contributed by atoms with E-state index in [-0.39, 0.29) is 76.1 Å². The number of halogens is 2. The highest BCUT2D eigenvalue weighted by Crippen LogP contribution is 2.28. The molecule has 1 saturated carbocycles. The lowest BCUT2D eigenvalue weighted by Crippen LogP contribution is -2.33. The summed E-state index contributed by atoms with van der Waals surface area (Å²) in [5.74, 6) is 3.29. The number of rotatable bonds is 12. The highest BCUT2D eigenvalue weighted by molar-refractivity contribution is 7.59. The molecule has 82 heavy (non-hydrogen) atoms. The predicted molar refractivity (Wildman–Crippen MR) is 347 cm³/mol. The number of alkyl halides is 1. The summed E-state index contributed by atoms with van der Waals surface area (Å²) in [6.45, 7) is 5.43. The van der Waals surface area contributed by atoms with Crippen LogP contribution in [0.5, 0.6) is 11.5 Å². The van der Waals surface area contributed by atoms with Gasteiger partial charge in [-0.05, 0) is 183 Å². The smallest absolute Gasteiger partial charge is 0.193 e. The van der Waals surface area contributed by atoms with Crippen molar-refractivity contribution in [3.05, 3.63) is 220 Å². The minimum Gasteiger partial charge on any atom is -0.508 e.